The molecule has 0 spiro atoms. The molecule has 1 atom stereocenters. The molecule has 0 fully saturated rings. The molecule has 1 aliphatic rings. The SMILES string of the molecule is CC1OCCn2nc(N)nc21. The van der Waals surface area contributed by atoms with Gasteiger partial charge in [0.15, 0.2) is 5.82 Å². The quantitative estimate of drug-likeness (QED) is 0.569. The first-order valence-electron chi connectivity index (χ1n) is 3.59. The number of nitrogens with two attached hydrogens (primary N) is 1. The molecule has 0 bridgehead atoms. The summed E-state index contributed by atoms with van der Waals surface area (Å²) in [6.07, 6.45) is 0.0218. The molecule has 2 N–H and O–H groups in total. The molecule has 1 aromatic heterocycles. The maximum Gasteiger partial charge on any atom is 0.239 e. The second kappa shape index (κ2) is 2.20. The van der Waals surface area contributed by atoms with Gasteiger partial charge in [-0.25, -0.2) is 4.68 Å². The number of hydrogen-bond donors (Lipinski definition) is 1. The summed E-state index contributed by atoms with van der Waals surface area (Å²) in [5, 5.41) is 4.00. The lowest BCUT2D eigenvalue weighted by atomic mass is 10.3. The smallest absolute Gasteiger partial charge is 0.239 e. The van der Waals surface area contributed by atoms with Crippen LogP contribution in [0.3, 0.4) is 0 Å². The summed E-state index contributed by atoms with van der Waals surface area (Å²) in [5.74, 6) is 1.16. The minimum atomic E-state index is 0.0218. The summed E-state index contributed by atoms with van der Waals surface area (Å²) >= 11 is 0. The van der Waals surface area contributed by atoms with Gasteiger partial charge in [0.25, 0.3) is 0 Å². The lowest BCUT2D eigenvalue weighted by Gasteiger charge is -2.18. The maximum atomic E-state index is 5.42. The summed E-state index contributed by atoms with van der Waals surface area (Å²) in [4.78, 5) is 4.04. The van der Waals surface area contributed by atoms with Crippen LogP contribution in [-0.4, -0.2) is 21.4 Å². The highest BCUT2D eigenvalue weighted by Gasteiger charge is 2.19. The number of aromatic nitrogens is 3. The monoisotopic (exact) mass is 154 g/mol. The molecule has 60 valence electrons. The van der Waals surface area contributed by atoms with Crippen molar-refractivity contribution < 1.29 is 4.74 Å². The van der Waals surface area contributed by atoms with Crippen LogP contribution in [0.4, 0.5) is 5.95 Å². The van der Waals surface area contributed by atoms with Gasteiger partial charge in [0.2, 0.25) is 5.95 Å². The first-order chi connectivity index (χ1) is 5.27. The largest absolute Gasteiger partial charge is 0.369 e. The van der Waals surface area contributed by atoms with Crippen LogP contribution in [0, 0.1) is 0 Å². The molecule has 5 heteroatoms. The Hall–Kier alpha value is -1.10. The van der Waals surface area contributed by atoms with E-state index in [-0.39, 0.29) is 6.10 Å². The second-order valence-corrected chi connectivity index (χ2v) is 2.56. The van der Waals surface area contributed by atoms with Crippen molar-refractivity contribution in [3.05, 3.63) is 5.82 Å². The number of rotatable bonds is 0. The van der Waals surface area contributed by atoms with E-state index < -0.39 is 0 Å². The van der Waals surface area contributed by atoms with E-state index in [1.54, 1.807) is 4.68 Å². The Kier molecular flexibility index (Phi) is 1.32. The molecule has 1 aliphatic heterocycles. The first kappa shape index (κ1) is 6.60. The van der Waals surface area contributed by atoms with Crippen molar-refractivity contribution in [1.29, 1.82) is 0 Å². The van der Waals surface area contributed by atoms with E-state index in [0.717, 1.165) is 12.4 Å². The van der Waals surface area contributed by atoms with Gasteiger partial charge in [-0.05, 0) is 6.92 Å². The molecule has 5 nitrogen and oxygen atoms in total. The molecule has 1 unspecified atom stereocenters. The lowest BCUT2D eigenvalue weighted by Crippen LogP contribution is -2.20. The Morgan fingerprint density at radius 2 is 2.55 bits per heavy atom. The highest BCUT2D eigenvalue weighted by atomic mass is 16.5. The summed E-state index contributed by atoms with van der Waals surface area (Å²) < 4.78 is 7.13. The fraction of sp³-hybridized carbons (Fsp3) is 0.667. The van der Waals surface area contributed by atoms with E-state index in [0.29, 0.717) is 12.6 Å². The average molecular weight is 154 g/mol. The number of nitrogen functional groups attached to an aromatic ring is 1. The zero-order valence-corrected chi connectivity index (χ0v) is 6.32. The number of ether oxygens (including phenoxy) is 1. The number of fused-ring (bicyclic) bond motifs is 1. The van der Waals surface area contributed by atoms with E-state index in [9.17, 15) is 0 Å². The summed E-state index contributed by atoms with van der Waals surface area (Å²) in [7, 11) is 0. The fourth-order valence-electron chi connectivity index (χ4n) is 1.23. The summed E-state index contributed by atoms with van der Waals surface area (Å²) in [6, 6.07) is 0. The van der Waals surface area contributed by atoms with Crippen LogP contribution >= 0.6 is 0 Å². The van der Waals surface area contributed by atoms with Crippen LogP contribution in [0.15, 0.2) is 0 Å². The third-order valence-corrected chi connectivity index (χ3v) is 1.75. The maximum absolute atomic E-state index is 5.42. The average Bonchev–Trinajstić information content (AvgIpc) is 2.31. The number of hydrogen-bond acceptors (Lipinski definition) is 4. The number of anilines is 1. The zero-order valence-electron chi connectivity index (χ0n) is 6.32. The highest BCUT2D eigenvalue weighted by Crippen LogP contribution is 2.19. The molecule has 1 aromatic rings. The number of nitrogens with zero attached hydrogens (tertiary/aromatic N) is 3. The van der Waals surface area contributed by atoms with Crippen molar-refractivity contribution in [3.8, 4) is 0 Å². The second-order valence-electron chi connectivity index (χ2n) is 2.56. The molecule has 0 saturated heterocycles. The first-order valence-corrected chi connectivity index (χ1v) is 3.59. The predicted molar refractivity (Wildman–Crippen MR) is 38.8 cm³/mol. The molecule has 2 heterocycles. The Bertz CT molecular complexity index is 270. The third kappa shape index (κ3) is 0.970. The van der Waals surface area contributed by atoms with Gasteiger partial charge in [0.05, 0.1) is 13.2 Å². The van der Waals surface area contributed by atoms with E-state index in [2.05, 4.69) is 10.1 Å². The highest BCUT2D eigenvalue weighted by molar-refractivity contribution is 5.15. The molecule has 0 aromatic carbocycles. The van der Waals surface area contributed by atoms with Crippen LogP contribution in [0.1, 0.15) is 18.9 Å². The standard InChI is InChI=1S/C6H10N4O/c1-4-5-8-6(7)9-10(5)2-3-11-4/h4H,2-3H2,1H3,(H2,7,9). The van der Waals surface area contributed by atoms with Crippen LogP contribution in [-0.2, 0) is 11.3 Å². The van der Waals surface area contributed by atoms with Gasteiger partial charge in [-0.3, -0.25) is 0 Å². The van der Waals surface area contributed by atoms with Crippen molar-refractivity contribution in [2.24, 2.45) is 0 Å². The predicted octanol–water partition coefficient (Wildman–Crippen LogP) is -0.0485. The zero-order chi connectivity index (χ0) is 7.84. The topological polar surface area (TPSA) is 66.0 Å². The Balaban J connectivity index is 2.43. The molecule has 0 amide bonds. The Labute approximate surface area is 64.2 Å². The van der Waals surface area contributed by atoms with Crippen molar-refractivity contribution in [2.45, 2.75) is 19.6 Å². The Morgan fingerprint density at radius 3 is 3.27 bits per heavy atom. The van der Waals surface area contributed by atoms with Crippen molar-refractivity contribution in [3.63, 3.8) is 0 Å². The van der Waals surface area contributed by atoms with E-state index >= 15 is 0 Å². The molecule has 11 heavy (non-hydrogen) atoms. The van der Waals surface area contributed by atoms with Crippen LogP contribution in [0.2, 0.25) is 0 Å². The molecule has 0 radical (unpaired) electrons. The molecule has 0 saturated carbocycles. The van der Waals surface area contributed by atoms with Crippen molar-refractivity contribution in [2.75, 3.05) is 12.3 Å². The molecular weight excluding hydrogens is 144 g/mol. The van der Waals surface area contributed by atoms with E-state index in [1.165, 1.54) is 0 Å². The van der Waals surface area contributed by atoms with Gasteiger partial charge in [-0.1, -0.05) is 0 Å². The minimum Gasteiger partial charge on any atom is -0.369 e. The van der Waals surface area contributed by atoms with Gasteiger partial charge >= 0.3 is 0 Å². The normalized spacial score (nSPS) is 23.2. The van der Waals surface area contributed by atoms with E-state index in [4.69, 9.17) is 10.5 Å². The minimum absolute atomic E-state index is 0.0218. The van der Waals surface area contributed by atoms with Crippen molar-refractivity contribution >= 4 is 5.95 Å². The van der Waals surface area contributed by atoms with Crippen LogP contribution < -0.4 is 5.73 Å². The molecule has 0 aliphatic carbocycles. The van der Waals surface area contributed by atoms with Gasteiger partial charge in [-0.15, -0.1) is 5.10 Å². The van der Waals surface area contributed by atoms with Crippen LogP contribution in [0.5, 0.6) is 0 Å². The molecular formula is C6H10N4O. The Morgan fingerprint density at radius 1 is 1.73 bits per heavy atom. The lowest BCUT2D eigenvalue weighted by molar-refractivity contribution is 0.0255. The van der Waals surface area contributed by atoms with Gasteiger partial charge in [0.1, 0.15) is 6.10 Å². The van der Waals surface area contributed by atoms with Crippen LogP contribution in [0.25, 0.3) is 0 Å². The van der Waals surface area contributed by atoms with E-state index in [1.807, 2.05) is 6.92 Å². The third-order valence-electron chi connectivity index (χ3n) is 1.75. The van der Waals surface area contributed by atoms with Gasteiger partial charge in [0, 0.05) is 0 Å². The van der Waals surface area contributed by atoms with Gasteiger partial charge < -0.3 is 10.5 Å². The summed E-state index contributed by atoms with van der Waals surface area (Å²) in [5.41, 5.74) is 5.42. The van der Waals surface area contributed by atoms with Crippen molar-refractivity contribution in [1.82, 2.24) is 14.8 Å². The summed E-state index contributed by atoms with van der Waals surface area (Å²) in [6.45, 7) is 3.39. The fourth-order valence-corrected chi connectivity index (χ4v) is 1.23. The van der Waals surface area contributed by atoms with Gasteiger partial charge in [-0.2, -0.15) is 4.98 Å². The molecule has 2 rings (SSSR count).